The van der Waals surface area contributed by atoms with E-state index in [9.17, 15) is 0 Å². The minimum Gasteiger partial charge on any atom is -0.342 e. The van der Waals surface area contributed by atoms with Gasteiger partial charge in [-0.25, -0.2) is 9.97 Å². The molecule has 0 aliphatic carbocycles. The molecule has 0 N–H and O–H groups in total. The van der Waals surface area contributed by atoms with Crippen LogP contribution in [0.4, 0.5) is 0 Å². The van der Waals surface area contributed by atoms with Crippen LogP contribution in [0.25, 0.3) is 94.9 Å². The van der Waals surface area contributed by atoms with E-state index in [4.69, 9.17) is 9.97 Å². The van der Waals surface area contributed by atoms with Crippen molar-refractivity contribution in [2.45, 2.75) is 6.92 Å². The number of nitrogens with zero attached hydrogens (tertiary/aromatic N) is 4. The van der Waals surface area contributed by atoms with Crippen LogP contribution < -0.4 is 0 Å². The second-order valence-electron chi connectivity index (χ2n) is 13.4. The third-order valence-electron chi connectivity index (χ3n) is 10.2. The van der Waals surface area contributed by atoms with Gasteiger partial charge in [0.25, 0.3) is 0 Å². The third kappa shape index (κ3) is 5.48. The number of fused-ring (bicyclic) bond motifs is 7. The van der Waals surface area contributed by atoms with Crippen molar-refractivity contribution in [3.8, 4) is 28.2 Å². The Labute approximate surface area is 314 Å². The SMILES string of the molecule is C=Cc1c(/C=C\C)c2ccc3c4ccccc4n(-c4cc(-c5ccccc5)nc(-c5c6ccccc6nc6ccccc56)c4)c3c2n1C.c1ccccc1. The quantitative estimate of drug-likeness (QED) is 0.168. The Hall–Kier alpha value is -7.04. The van der Waals surface area contributed by atoms with Crippen molar-refractivity contribution in [1.82, 2.24) is 19.1 Å². The number of rotatable bonds is 5. The highest BCUT2D eigenvalue weighted by molar-refractivity contribution is 6.19. The van der Waals surface area contributed by atoms with Crippen LogP contribution in [-0.4, -0.2) is 19.1 Å². The van der Waals surface area contributed by atoms with Gasteiger partial charge >= 0.3 is 0 Å². The van der Waals surface area contributed by atoms with Gasteiger partial charge in [0.1, 0.15) is 0 Å². The maximum atomic E-state index is 5.41. The van der Waals surface area contributed by atoms with Crippen molar-refractivity contribution in [3.63, 3.8) is 0 Å². The fourth-order valence-electron chi connectivity index (χ4n) is 7.92. The molecule has 258 valence electrons. The van der Waals surface area contributed by atoms with Gasteiger partial charge in [-0.05, 0) is 43.3 Å². The first-order chi connectivity index (χ1) is 26.7. The maximum Gasteiger partial charge on any atom is 0.0785 e. The van der Waals surface area contributed by atoms with Gasteiger partial charge in [-0.3, -0.25) is 0 Å². The van der Waals surface area contributed by atoms with Gasteiger partial charge in [0.05, 0.1) is 44.7 Å². The lowest BCUT2D eigenvalue weighted by Gasteiger charge is -2.16. The number of pyridine rings is 2. The van der Waals surface area contributed by atoms with Crippen LogP contribution in [0.3, 0.4) is 0 Å². The van der Waals surface area contributed by atoms with E-state index in [0.29, 0.717) is 0 Å². The normalized spacial score (nSPS) is 11.5. The van der Waals surface area contributed by atoms with E-state index < -0.39 is 0 Å². The molecule has 4 nitrogen and oxygen atoms in total. The molecule has 0 aliphatic heterocycles. The number of hydrogen-bond acceptors (Lipinski definition) is 2. The molecule has 0 aliphatic rings. The summed E-state index contributed by atoms with van der Waals surface area (Å²) in [4.78, 5) is 10.4. The van der Waals surface area contributed by atoms with Crippen LogP contribution in [-0.2, 0) is 7.05 Å². The summed E-state index contributed by atoms with van der Waals surface area (Å²) in [6, 6.07) is 57.0. The summed E-state index contributed by atoms with van der Waals surface area (Å²) < 4.78 is 4.72. The average Bonchev–Trinajstić information content (AvgIpc) is 3.71. The molecule has 0 saturated heterocycles. The molecule has 0 amide bonds. The van der Waals surface area contributed by atoms with E-state index in [1.165, 1.54) is 27.2 Å². The summed E-state index contributed by atoms with van der Waals surface area (Å²) in [7, 11) is 2.15. The fraction of sp³-hybridized carbons (Fsp3) is 0.0400. The lowest BCUT2D eigenvalue weighted by molar-refractivity contribution is 0.953. The van der Waals surface area contributed by atoms with Crippen molar-refractivity contribution < 1.29 is 0 Å². The molecule has 0 spiro atoms. The largest absolute Gasteiger partial charge is 0.342 e. The summed E-state index contributed by atoms with van der Waals surface area (Å²) in [6.45, 7) is 6.27. The molecular weight excluding hydrogens is 657 g/mol. The van der Waals surface area contributed by atoms with E-state index in [-0.39, 0.29) is 0 Å². The molecule has 54 heavy (non-hydrogen) atoms. The van der Waals surface area contributed by atoms with Crippen LogP contribution >= 0.6 is 0 Å². The van der Waals surface area contributed by atoms with Crippen LogP contribution in [0.1, 0.15) is 18.2 Å². The fourth-order valence-corrected chi connectivity index (χ4v) is 7.92. The second-order valence-corrected chi connectivity index (χ2v) is 13.4. The minimum absolute atomic E-state index is 0.910. The summed E-state index contributed by atoms with van der Waals surface area (Å²) in [5, 5.41) is 5.78. The predicted molar refractivity (Wildman–Crippen MR) is 230 cm³/mol. The Morgan fingerprint density at radius 3 is 1.74 bits per heavy atom. The van der Waals surface area contributed by atoms with Crippen LogP contribution in [0.15, 0.2) is 176 Å². The Bertz CT molecular complexity index is 2940. The van der Waals surface area contributed by atoms with E-state index in [2.05, 4.69) is 169 Å². The first kappa shape index (κ1) is 32.8. The molecule has 0 saturated carbocycles. The van der Waals surface area contributed by atoms with E-state index in [1.54, 1.807) is 0 Å². The number of benzene rings is 6. The standard InChI is InChI=1S/C44H32N4.C6H6/c1-4-15-30-32-24-25-33-31-18-11-14-23-41(31)48(44(33)43(32)47(3)40(30)5-2)29-26-38(28-16-7-6-8-17-28)46-39(27-29)42-34-19-9-12-21-36(34)45-37-22-13-10-20-35(37)42;1-2-4-6-5-3-1/h4-27H,2H2,1,3H3;1-6H/b15-4-;. The van der Waals surface area contributed by atoms with Gasteiger partial charge in [-0.15, -0.1) is 0 Å². The van der Waals surface area contributed by atoms with Gasteiger partial charge in [0.2, 0.25) is 0 Å². The van der Waals surface area contributed by atoms with E-state index >= 15 is 0 Å². The molecule has 0 radical (unpaired) electrons. The number of aryl methyl sites for hydroxylation is 1. The molecule has 6 aromatic carbocycles. The number of hydrogen-bond donors (Lipinski definition) is 0. The molecule has 10 aromatic rings. The second kappa shape index (κ2) is 13.8. The topological polar surface area (TPSA) is 35.6 Å². The van der Waals surface area contributed by atoms with Crippen molar-refractivity contribution in [1.29, 1.82) is 0 Å². The average molecular weight is 695 g/mol. The molecule has 0 bridgehead atoms. The van der Waals surface area contributed by atoms with Crippen LogP contribution in [0.5, 0.6) is 0 Å². The summed E-state index contributed by atoms with van der Waals surface area (Å²) in [5.41, 5.74) is 12.7. The van der Waals surface area contributed by atoms with Crippen molar-refractivity contribution in [3.05, 3.63) is 188 Å². The minimum atomic E-state index is 0.910. The molecular formula is C50H38N4. The smallest absolute Gasteiger partial charge is 0.0785 e. The summed E-state index contributed by atoms with van der Waals surface area (Å²) >= 11 is 0. The molecule has 4 heteroatoms. The van der Waals surface area contributed by atoms with Crippen molar-refractivity contribution in [2.75, 3.05) is 0 Å². The predicted octanol–water partition coefficient (Wildman–Crippen LogP) is 13.1. The Kier molecular flexibility index (Phi) is 8.41. The zero-order chi connectivity index (χ0) is 36.6. The summed E-state index contributed by atoms with van der Waals surface area (Å²) in [6.07, 6.45) is 6.26. The molecule has 0 atom stereocenters. The number of aromatic nitrogens is 4. The molecule has 0 unspecified atom stereocenters. The lowest BCUT2D eigenvalue weighted by atomic mass is 9.98. The van der Waals surface area contributed by atoms with E-state index in [0.717, 1.165) is 66.7 Å². The third-order valence-corrected chi connectivity index (χ3v) is 10.2. The van der Waals surface area contributed by atoms with E-state index in [1.807, 2.05) is 42.5 Å². The van der Waals surface area contributed by atoms with Crippen molar-refractivity contribution >= 4 is 66.7 Å². The van der Waals surface area contributed by atoms with Crippen LogP contribution in [0.2, 0.25) is 0 Å². The van der Waals surface area contributed by atoms with Gasteiger partial charge in [0, 0.05) is 56.4 Å². The molecule has 10 rings (SSSR count). The van der Waals surface area contributed by atoms with Gasteiger partial charge < -0.3 is 9.13 Å². The van der Waals surface area contributed by atoms with Gasteiger partial charge in [-0.1, -0.05) is 152 Å². The highest BCUT2D eigenvalue weighted by Gasteiger charge is 2.22. The summed E-state index contributed by atoms with van der Waals surface area (Å²) in [5.74, 6) is 0. The maximum absolute atomic E-state index is 5.41. The Balaban J connectivity index is 0.000000586. The molecule has 4 heterocycles. The zero-order valence-electron chi connectivity index (χ0n) is 30.3. The Morgan fingerprint density at radius 2 is 1.09 bits per heavy atom. The first-order valence-corrected chi connectivity index (χ1v) is 18.3. The van der Waals surface area contributed by atoms with Crippen molar-refractivity contribution in [2.24, 2.45) is 7.05 Å². The molecule has 0 fully saturated rings. The van der Waals surface area contributed by atoms with Crippen LogP contribution in [0, 0.1) is 0 Å². The lowest BCUT2D eigenvalue weighted by Crippen LogP contribution is -2.01. The number of allylic oxidation sites excluding steroid dienone is 1. The highest BCUT2D eigenvalue weighted by atomic mass is 15.0. The molecule has 4 aromatic heterocycles. The first-order valence-electron chi connectivity index (χ1n) is 18.3. The van der Waals surface area contributed by atoms with Gasteiger partial charge in [0.15, 0.2) is 0 Å². The highest BCUT2D eigenvalue weighted by Crippen LogP contribution is 2.42. The number of para-hydroxylation sites is 3. The van der Waals surface area contributed by atoms with Gasteiger partial charge in [-0.2, -0.15) is 0 Å². The monoisotopic (exact) mass is 694 g/mol. The zero-order valence-corrected chi connectivity index (χ0v) is 30.3. The Morgan fingerprint density at radius 1 is 0.537 bits per heavy atom.